The number of ketones is 1. The summed E-state index contributed by atoms with van der Waals surface area (Å²) >= 11 is 0. The van der Waals surface area contributed by atoms with Crippen LogP contribution in [0.15, 0.2) is 0 Å². The van der Waals surface area contributed by atoms with Crippen LogP contribution in [0.25, 0.3) is 0 Å². The van der Waals surface area contributed by atoms with Crippen molar-refractivity contribution < 1.29 is 14.3 Å². The van der Waals surface area contributed by atoms with Crippen LogP contribution in [0.4, 0.5) is 0 Å². The molecule has 0 saturated heterocycles. The van der Waals surface area contributed by atoms with Crippen molar-refractivity contribution >= 4 is 11.8 Å². The van der Waals surface area contributed by atoms with Crippen LogP contribution >= 0.6 is 0 Å². The third kappa shape index (κ3) is 6.22. The fourth-order valence-electron chi connectivity index (χ4n) is 2.97. The third-order valence-corrected chi connectivity index (χ3v) is 4.13. The van der Waals surface area contributed by atoms with E-state index in [4.69, 9.17) is 4.74 Å². The van der Waals surface area contributed by atoms with Crippen LogP contribution < -0.4 is 0 Å². The van der Waals surface area contributed by atoms with Crippen molar-refractivity contribution in [2.45, 2.75) is 71.6 Å². The van der Waals surface area contributed by atoms with Crippen LogP contribution in [0.2, 0.25) is 0 Å². The first-order chi connectivity index (χ1) is 9.15. The van der Waals surface area contributed by atoms with Gasteiger partial charge in [-0.15, -0.1) is 0 Å². The third-order valence-electron chi connectivity index (χ3n) is 4.13. The van der Waals surface area contributed by atoms with Gasteiger partial charge in [0.1, 0.15) is 5.78 Å². The number of esters is 1. The zero-order chi connectivity index (χ0) is 14.1. The van der Waals surface area contributed by atoms with Crippen molar-refractivity contribution in [3.63, 3.8) is 0 Å². The van der Waals surface area contributed by atoms with E-state index in [0.29, 0.717) is 30.6 Å². The molecule has 0 aromatic carbocycles. The zero-order valence-corrected chi connectivity index (χ0v) is 12.5. The molecule has 0 heterocycles. The first-order valence-electron chi connectivity index (χ1n) is 7.83. The minimum atomic E-state index is -0.0846. The van der Waals surface area contributed by atoms with Crippen LogP contribution in [-0.4, -0.2) is 18.4 Å². The average Bonchev–Trinajstić information content (AvgIpc) is 2.36. The maximum absolute atomic E-state index is 11.8. The van der Waals surface area contributed by atoms with Gasteiger partial charge in [-0.1, -0.05) is 26.2 Å². The molecule has 0 unspecified atom stereocenters. The molecule has 1 rings (SSSR count). The van der Waals surface area contributed by atoms with E-state index >= 15 is 0 Å². The standard InChI is InChI=1S/C16H28O3/c1-3-19-16(18)12-7-5-4-6-10-14-13(2)9-8-11-15(14)17/h13-14H,3-12H2,1-2H3/t13-,14+/m1/s1. The summed E-state index contributed by atoms with van der Waals surface area (Å²) < 4.78 is 4.89. The summed E-state index contributed by atoms with van der Waals surface area (Å²) in [6, 6.07) is 0. The van der Waals surface area contributed by atoms with Crippen molar-refractivity contribution in [3.05, 3.63) is 0 Å². The van der Waals surface area contributed by atoms with Crippen molar-refractivity contribution in [2.24, 2.45) is 11.8 Å². The molecule has 1 saturated carbocycles. The van der Waals surface area contributed by atoms with Gasteiger partial charge in [-0.05, 0) is 38.5 Å². The second kappa shape index (κ2) is 9.11. The number of rotatable bonds is 8. The molecule has 0 spiro atoms. The van der Waals surface area contributed by atoms with E-state index in [9.17, 15) is 9.59 Å². The highest BCUT2D eigenvalue weighted by atomic mass is 16.5. The molecule has 3 nitrogen and oxygen atoms in total. The molecular weight excluding hydrogens is 240 g/mol. The van der Waals surface area contributed by atoms with Crippen molar-refractivity contribution in [1.82, 2.24) is 0 Å². The smallest absolute Gasteiger partial charge is 0.305 e. The summed E-state index contributed by atoms with van der Waals surface area (Å²) in [5.41, 5.74) is 0. The molecule has 3 heteroatoms. The summed E-state index contributed by atoms with van der Waals surface area (Å²) in [5, 5.41) is 0. The van der Waals surface area contributed by atoms with E-state index in [1.807, 2.05) is 6.92 Å². The molecule has 0 amide bonds. The molecule has 1 aliphatic rings. The van der Waals surface area contributed by atoms with E-state index in [1.54, 1.807) is 0 Å². The first-order valence-corrected chi connectivity index (χ1v) is 7.83. The molecule has 0 bridgehead atoms. The molecular formula is C16H28O3. The van der Waals surface area contributed by atoms with Gasteiger partial charge in [0.25, 0.3) is 0 Å². The lowest BCUT2D eigenvalue weighted by Gasteiger charge is -2.27. The Labute approximate surface area is 117 Å². The Balaban J connectivity index is 2.04. The highest BCUT2D eigenvalue weighted by molar-refractivity contribution is 5.81. The van der Waals surface area contributed by atoms with Gasteiger partial charge in [-0.3, -0.25) is 9.59 Å². The molecule has 2 atom stereocenters. The Morgan fingerprint density at radius 2 is 2.00 bits per heavy atom. The molecule has 0 aromatic heterocycles. The summed E-state index contributed by atoms with van der Waals surface area (Å²) in [7, 11) is 0. The van der Waals surface area contributed by atoms with Gasteiger partial charge in [0, 0.05) is 18.8 Å². The predicted molar refractivity (Wildman–Crippen MR) is 75.8 cm³/mol. The van der Waals surface area contributed by atoms with Crippen LogP contribution in [0, 0.1) is 11.8 Å². The summed E-state index contributed by atoms with van der Waals surface area (Å²) in [6.07, 6.45) is 8.86. The quantitative estimate of drug-likeness (QED) is 0.495. The highest BCUT2D eigenvalue weighted by Crippen LogP contribution is 2.30. The number of carbonyl (C=O) groups excluding carboxylic acids is 2. The molecule has 1 aliphatic carbocycles. The number of carbonyl (C=O) groups is 2. The Morgan fingerprint density at radius 3 is 2.68 bits per heavy atom. The number of hydrogen-bond donors (Lipinski definition) is 0. The minimum Gasteiger partial charge on any atom is -0.466 e. The van der Waals surface area contributed by atoms with E-state index in [0.717, 1.165) is 44.9 Å². The maximum Gasteiger partial charge on any atom is 0.305 e. The fourth-order valence-corrected chi connectivity index (χ4v) is 2.97. The van der Waals surface area contributed by atoms with Crippen LogP contribution in [0.1, 0.15) is 71.6 Å². The van der Waals surface area contributed by atoms with Crippen LogP contribution in [0.5, 0.6) is 0 Å². The second-order valence-electron chi connectivity index (χ2n) is 5.70. The van der Waals surface area contributed by atoms with Gasteiger partial charge in [-0.2, -0.15) is 0 Å². The molecule has 0 N–H and O–H groups in total. The first kappa shape index (κ1) is 16.2. The van der Waals surface area contributed by atoms with E-state index < -0.39 is 0 Å². The maximum atomic E-state index is 11.8. The Bertz CT molecular complexity index is 286. The molecule has 110 valence electrons. The van der Waals surface area contributed by atoms with E-state index in [2.05, 4.69) is 6.92 Å². The molecule has 0 aliphatic heterocycles. The van der Waals surface area contributed by atoms with E-state index in [-0.39, 0.29) is 5.97 Å². The van der Waals surface area contributed by atoms with Crippen LogP contribution in [-0.2, 0) is 14.3 Å². The largest absolute Gasteiger partial charge is 0.466 e. The average molecular weight is 268 g/mol. The summed E-state index contributed by atoms with van der Waals surface area (Å²) in [4.78, 5) is 23.0. The Morgan fingerprint density at radius 1 is 1.26 bits per heavy atom. The van der Waals surface area contributed by atoms with Gasteiger partial charge >= 0.3 is 5.97 Å². The number of unbranched alkanes of at least 4 members (excludes halogenated alkanes) is 3. The normalized spacial score (nSPS) is 23.4. The molecule has 0 radical (unpaired) electrons. The second-order valence-corrected chi connectivity index (χ2v) is 5.70. The van der Waals surface area contributed by atoms with Gasteiger partial charge in [0.05, 0.1) is 6.61 Å². The topological polar surface area (TPSA) is 43.4 Å². The fraction of sp³-hybridized carbons (Fsp3) is 0.875. The lowest BCUT2D eigenvalue weighted by atomic mass is 9.77. The van der Waals surface area contributed by atoms with Gasteiger partial charge in [0.2, 0.25) is 0 Å². The number of Topliss-reactive ketones (excluding diaryl/α,β-unsaturated/α-hetero) is 1. The van der Waals surface area contributed by atoms with Crippen molar-refractivity contribution in [2.75, 3.05) is 6.61 Å². The predicted octanol–water partition coefficient (Wildman–Crippen LogP) is 3.90. The molecule has 1 fully saturated rings. The lowest BCUT2D eigenvalue weighted by molar-refractivity contribution is -0.143. The number of hydrogen-bond acceptors (Lipinski definition) is 3. The van der Waals surface area contributed by atoms with Crippen LogP contribution in [0.3, 0.4) is 0 Å². The SMILES string of the molecule is CCOC(=O)CCCCCC[C@@H]1C(=O)CCC[C@H]1C. The highest BCUT2D eigenvalue weighted by Gasteiger charge is 2.27. The zero-order valence-electron chi connectivity index (χ0n) is 12.5. The lowest BCUT2D eigenvalue weighted by Crippen LogP contribution is -2.26. The van der Waals surface area contributed by atoms with Gasteiger partial charge < -0.3 is 4.74 Å². The molecule has 19 heavy (non-hydrogen) atoms. The van der Waals surface area contributed by atoms with Crippen molar-refractivity contribution in [1.29, 1.82) is 0 Å². The van der Waals surface area contributed by atoms with E-state index in [1.165, 1.54) is 6.42 Å². The Hall–Kier alpha value is -0.860. The van der Waals surface area contributed by atoms with Crippen molar-refractivity contribution in [3.8, 4) is 0 Å². The minimum absolute atomic E-state index is 0.0846. The summed E-state index contributed by atoms with van der Waals surface area (Å²) in [6.45, 7) is 4.52. The summed E-state index contributed by atoms with van der Waals surface area (Å²) in [5.74, 6) is 1.27. The number of ether oxygens (including phenoxy) is 1. The monoisotopic (exact) mass is 268 g/mol. The van der Waals surface area contributed by atoms with Gasteiger partial charge in [-0.25, -0.2) is 0 Å². The van der Waals surface area contributed by atoms with Gasteiger partial charge in [0.15, 0.2) is 0 Å². The molecule has 0 aromatic rings. The Kier molecular flexibility index (Phi) is 7.76.